The minimum atomic E-state index is -0.305. The zero-order chi connectivity index (χ0) is 21.9. The van der Waals surface area contributed by atoms with E-state index in [2.05, 4.69) is 31.2 Å². The van der Waals surface area contributed by atoms with Crippen molar-refractivity contribution in [3.8, 4) is 11.6 Å². The number of fused-ring (bicyclic) bond motifs is 2. The van der Waals surface area contributed by atoms with Gasteiger partial charge in [-0.3, -0.25) is 9.97 Å². The van der Waals surface area contributed by atoms with E-state index in [1.54, 1.807) is 24.9 Å². The first-order chi connectivity index (χ1) is 15.7. The highest BCUT2D eigenvalue weighted by Crippen LogP contribution is 2.35. The predicted octanol–water partition coefficient (Wildman–Crippen LogP) is 3.27. The van der Waals surface area contributed by atoms with E-state index in [1.165, 1.54) is 11.1 Å². The molecule has 3 aromatic rings. The highest BCUT2D eigenvalue weighted by Gasteiger charge is 2.23. The fourth-order valence-electron chi connectivity index (χ4n) is 4.32. The molecule has 1 N–H and O–H groups in total. The van der Waals surface area contributed by atoms with Crippen molar-refractivity contribution in [1.82, 2.24) is 25.2 Å². The molecule has 3 aromatic heterocycles. The Hall–Kier alpha value is -2.49. The van der Waals surface area contributed by atoms with Crippen LogP contribution in [-0.4, -0.2) is 59.1 Å². The largest absolute Gasteiger partial charge is 0.481 e. The molecule has 2 aliphatic rings. The number of rotatable bonds is 8. The number of methoxy groups -OCH3 is 1. The lowest BCUT2D eigenvalue weighted by molar-refractivity contribution is 0.324. The number of pyridine rings is 3. The second-order valence-electron chi connectivity index (χ2n) is 8.17. The quantitative estimate of drug-likeness (QED) is 0.555. The van der Waals surface area contributed by atoms with Crippen molar-refractivity contribution in [2.75, 3.05) is 39.2 Å². The van der Waals surface area contributed by atoms with Crippen LogP contribution in [-0.2, 0) is 13.0 Å². The van der Waals surface area contributed by atoms with Crippen molar-refractivity contribution in [3.63, 3.8) is 0 Å². The summed E-state index contributed by atoms with van der Waals surface area (Å²) in [5.74, 6) is 2.31. The third-order valence-electron chi connectivity index (χ3n) is 6.05. The SMILES string of the molecule is COc1ccc2ncc(F)c(CCN3CCC(CNCc4cc5c(cn4)OCS5)C3)c2n1. The van der Waals surface area contributed by atoms with Crippen LogP contribution in [0, 0.1) is 11.7 Å². The number of hydrogen-bond acceptors (Lipinski definition) is 8. The second kappa shape index (κ2) is 9.56. The van der Waals surface area contributed by atoms with Crippen molar-refractivity contribution >= 4 is 22.8 Å². The third kappa shape index (κ3) is 4.65. The number of nitrogens with one attached hydrogen (secondary N) is 1. The predicted molar refractivity (Wildman–Crippen MR) is 122 cm³/mol. The Morgan fingerprint density at radius 1 is 1.31 bits per heavy atom. The minimum absolute atomic E-state index is 0.305. The Morgan fingerprint density at radius 2 is 2.25 bits per heavy atom. The molecule has 9 heteroatoms. The molecule has 7 nitrogen and oxygen atoms in total. The molecule has 0 radical (unpaired) electrons. The van der Waals surface area contributed by atoms with Crippen LogP contribution in [0.2, 0.25) is 0 Å². The fourth-order valence-corrected chi connectivity index (χ4v) is 5.11. The number of thioether (sulfide) groups is 1. The molecule has 2 aliphatic heterocycles. The molecule has 0 saturated carbocycles. The molecule has 0 aliphatic carbocycles. The van der Waals surface area contributed by atoms with Gasteiger partial charge in [-0.25, -0.2) is 9.37 Å². The molecule has 1 atom stereocenters. The van der Waals surface area contributed by atoms with E-state index in [0.29, 0.717) is 40.8 Å². The number of aromatic nitrogens is 3. The molecule has 1 fully saturated rings. The van der Waals surface area contributed by atoms with Crippen LogP contribution >= 0.6 is 11.8 Å². The van der Waals surface area contributed by atoms with Gasteiger partial charge in [0.1, 0.15) is 11.8 Å². The summed E-state index contributed by atoms with van der Waals surface area (Å²) in [6, 6.07) is 5.68. The van der Waals surface area contributed by atoms with Crippen LogP contribution in [0.1, 0.15) is 17.7 Å². The Labute approximate surface area is 190 Å². The normalized spacial score (nSPS) is 18.1. The van der Waals surface area contributed by atoms with Gasteiger partial charge in [0.25, 0.3) is 0 Å². The first-order valence-corrected chi connectivity index (χ1v) is 11.8. The Kier molecular flexibility index (Phi) is 6.38. The molecule has 5 heterocycles. The molecule has 168 valence electrons. The van der Waals surface area contributed by atoms with Crippen molar-refractivity contribution < 1.29 is 13.9 Å². The molecule has 32 heavy (non-hydrogen) atoms. The lowest BCUT2D eigenvalue weighted by atomic mass is 10.1. The van der Waals surface area contributed by atoms with Gasteiger partial charge in [-0.05, 0) is 44.0 Å². The van der Waals surface area contributed by atoms with Crippen molar-refractivity contribution in [2.45, 2.75) is 24.3 Å². The van der Waals surface area contributed by atoms with Crippen LogP contribution in [0.3, 0.4) is 0 Å². The maximum absolute atomic E-state index is 14.5. The first kappa shape index (κ1) is 21.4. The summed E-state index contributed by atoms with van der Waals surface area (Å²) in [4.78, 5) is 16.6. The second-order valence-corrected chi connectivity index (χ2v) is 9.14. The summed E-state index contributed by atoms with van der Waals surface area (Å²) in [7, 11) is 1.56. The highest BCUT2D eigenvalue weighted by atomic mass is 32.2. The van der Waals surface area contributed by atoms with Crippen LogP contribution < -0.4 is 14.8 Å². The number of halogens is 1. The van der Waals surface area contributed by atoms with E-state index >= 15 is 0 Å². The van der Waals surface area contributed by atoms with Crippen LogP contribution in [0.25, 0.3) is 11.0 Å². The van der Waals surface area contributed by atoms with Crippen LogP contribution in [0.4, 0.5) is 4.39 Å². The number of ether oxygens (including phenoxy) is 2. The molecular weight excluding hydrogens is 429 g/mol. The van der Waals surface area contributed by atoms with Gasteiger partial charge in [0.15, 0.2) is 5.75 Å². The fraction of sp³-hybridized carbons (Fsp3) is 0.435. The maximum atomic E-state index is 14.5. The van der Waals surface area contributed by atoms with E-state index < -0.39 is 0 Å². The molecule has 0 aromatic carbocycles. The Bertz CT molecular complexity index is 1120. The standard InChI is InChI=1S/C23H26FN5O2S/c1-30-22-3-2-19-23(28-22)17(18(24)11-27-19)5-7-29-6-4-15(13-29)9-25-10-16-8-21-20(12-26-16)31-14-32-21/h2-3,8,11-12,15,25H,4-7,9-10,13-14H2,1H3. The van der Waals surface area contributed by atoms with Crippen molar-refractivity contribution in [1.29, 1.82) is 0 Å². The van der Waals surface area contributed by atoms with Gasteiger partial charge in [0.2, 0.25) is 5.88 Å². The molecule has 0 amide bonds. The van der Waals surface area contributed by atoms with Gasteiger partial charge >= 0.3 is 0 Å². The average molecular weight is 456 g/mol. The summed E-state index contributed by atoms with van der Waals surface area (Å²) in [5.41, 5.74) is 2.93. The summed E-state index contributed by atoms with van der Waals surface area (Å²) in [6.45, 7) is 4.54. The van der Waals surface area contributed by atoms with E-state index in [9.17, 15) is 4.39 Å². The smallest absolute Gasteiger partial charge is 0.213 e. The third-order valence-corrected chi connectivity index (χ3v) is 6.92. The van der Waals surface area contributed by atoms with E-state index in [1.807, 2.05) is 12.3 Å². The van der Waals surface area contributed by atoms with E-state index in [-0.39, 0.29) is 5.82 Å². The molecule has 1 saturated heterocycles. The van der Waals surface area contributed by atoms with Crippen molar-refractivity contribution in [2.24, 2.45) is 5.92 Å². The first-order valence-electron chi connectivity index (χ1n) is 10.9. The molecule has 0 spiro atoms. The van der Waals surface area contributed by atoms with Gasteiger partial charge in [-0.15, -0.1) is 0 Å². The lowest BCUT2D eigenvalue weighted by Gasteiger charge is -2.17. The summed E-state index contributed by atoms with van der Waals surface area (Å²) < 4.78 is 25.2. The monoisotopic (exact) mass is 455 g/mol. The zero-order valence-corrected chi connectivity index (χ0v) is 18.8. The maximum Gasteiger partial charge on any atom is 0.213 e. The molecule has 0 bridgehead atoms. The summed E-state index contributed by atoms with van der Waals surface area (Å²) >= 11 is 1.71. The number of nitrogens with zero attached hydrogens (tertiary/aromatic N) is 4. The molecule has 1 unspecified atom stereocenters. The van der Waals surface area contributed by atoms with Gasteiger partial charge in [-0.2, -0.15) is 0 Å². The van der Waals surface area contributed by atoms with Gasteiger partial charge < -0.3 is 19.7 Å². The van der Waals surface area contributed by atoms with E-state index in [4.69, 9.17) is 9.47 Å². The zero-order valence-electron chi connectivity index (χ0n) is 18.0. The molecular formula is C23H26FN5O2S. The topological polar surface area (TPSA) is 72.4 Å². The average Bonchev–Trinajstić information content (AvgIpc) is 3.47. The number of likely N-dealkylation sites (tertiary alicyclic amines) is 1. The van der Waals surface area contributed by atoms with Crippen LogP contribution in [0.15, 0.2) is 35.5 Å². The van der Waals surface area contributed by atoms with Gasteiger partial charge in [0.05, 0.1) is 41.1 Å². The van der Waals surface area contributed by atoms with Gasteiger partial charge in [-0.1, -0.05) is 11.8 Å². The number of hydrogen-bond donors (Lipinski definition) is 1. The molecule has 5 rings (SSSR count). The van der Waals surface area contributed by atoms with Crippen LogP contribution in [0.5, 0.6) is 11.6 Å². The summed E-state index contributed by atoms with van der Waals surface area (Å²) in [5, 5.41) is 3.54. The van der Waals surface area contributed by atoms with E-state index in [0.717, 1.165) is 50.6 Å². The summed E-state index contributed by atoms with van der Waals surface area (Å²) in [6.07, 6.45) is 4.85. The minimum Gasteiger partial charge on any atom is -0.481 e. The lowest BCUT2D eigenvalue weighted by Crippen LogP contribution is -2.28. The Morgan fingerprint density at radius 3 is 3.16 bits per heavy atom. The highest BCUT2D eigenvalue weighted by molar-refractivity contribution is 7.99. The van der Waals surface area contributed by atoms with Crippen molar-refractivity contribution in [3.05, 3.63) is 47.7 Å². The Balaban J connectivity index is 1.13. The van der Waals surface area contributed by atoms with Gasteiger partial charge in [0, 0.05) is 31.3 Å².